The number of rotatable bonds is 3. The number of aromatic nitrogens is 3. The van der Waals surface area contributed by atoms with Gasteiger partial charge in [-0.2, -0.15) is 17.7 Å². The average molecular weight is 568 g/mol. The Hall–Kier alpha value is -3.02. The van der Waals surface area contributed by atoms with Crippen LogP contribution < -0.4 is 4.57 Å². The fraction of sp³-hybridized carbons (Fsp3) is 0.167. The topological polar surface area (TPSA) is 78.9 Å². The fourth-order valence-electron chi connectivity index (χ4n) is 3.57. The van der Waals surface area contributed by atoms with Gasteiger partial charge in [-0.1, -0.05) is 15.9 Å². The van der Waals surface area contributed by atoms with E-state index in [-0.39, 0.29) is 0 Å². The number of nitrogens with zero attached hydrogens (tertiary/aromatic N) is 3. The van der Waals surface area contributed by atoms with Crippen LogP contribution in [0, 0.1) is 13.8 Å². The van der Waals surface area contributed by atoms with Gasteiger partial charge in [0.25, 0.3) is 0 Å². The van der Waals surface area contributed by atoms with Crippen LogP contribution in [0.25, 0.3) is 28.7 Å². The van der Waals surface area contributed by atoms with Gasteiger partial charge in [0, 0.05) is 45.7 Å². The predicted octanol–water partition coefficient (Wildman–Crippen LogP) is 5.45. The molecule has 0 N–H and O–H groups in total. The van der Waals surface area contributed by atoms with Crippen LogP contribution in [-0.4, -0.2) is 28.0 Å². The van der Waals surface area contributed by atoms with Crippen molar-refractivity contribution in [1.82, 2.24) is 9.55 Å². The van der Waals surface area contributed by atoms with Crippen molar-refractivity contribution in [1.29, 1.82) is 0 Å². The van der Waals surface area contributed by atoms with E-state index in [4.69, 9.17) is 13.0 Å². The quantitative estimate of drug-likeness (QED) is 0.187. The summed E-state index contributed by atoms with van der Waals surface area (Å²) < 4.78 is 64.5. The molecule has 0 aliphatic heterocycles. The number of alkyl halides is 3. The van der Waals surface area contributed by atoms with Gasteiger partial charge in [0.05, 0.1) is 11.9 Å². The van der Waals surface area contributed by atoms with Gasteiger partial charge in [-0.3, -0.25) is 4.98 Å². The van der Waals surface area contributed by atoms with Crippen LogP contribution in [-0.2, 0) is 17.2 Å². The molecule has 0 aliphatic rings. The molecule has 0 saturated heterocycles. The zero-order chi connectivity index (χ0) is 26.0. The third-order valence-electron chi connectivity index (χ3n) is 5.26. The SMILES string of the molecule is Cc1cc(C=Cc2ccc3cc(Br)ccc3[n+]2C)c(C)n1-c1cccnc1.O=S(=O)([O-])C(F)(F)F. The van der Waals surface area contributed by atoms with Gasteiger partial charge < -0.3 is 9.12 Å². The molecule has 0 unspecified atom stereocenters. The number of hydrogen-bond acceptors (Lipinski definition) is 4. The van der Waals surface area contributed by atoms with Gasteiger partial charge in [0.1, 0.15) is 7.05 Å². The molecule has 0 radical (unpaired) electrons. The largest absolute Gasteiger partial charge is 0.741 e. The highest BCUT2D eigenvalue weighted by Crippen LogP contribution is 2.23. The molecule has 0 saturated carbocycles. The molecule has 6 nitrogen and oxygen atoms in total. The van der Waals surface area contributed by atoms with Crippen molar-refractivity contribution in [3.8, 4) is 5.69 Å². The molecule has 0 bridgehead atoms. The van der Waals surface area contributed by atoms with Gasteiger partial charge in [-0.25, -0.2) is 8.42 Å². The average Bonchev–Trinajstić information content (AvgIpc) is 3.06. The third kappa shape index (κ3) is 6.16. The van der Waals surface area contributed by atoms with Crippen LogP contribution in [0.15, 0.2) is 65.4 Å². The highest BCUT2D eigenvalue weighted by atomic mass is 79.9. The number of fused-ring (bicyclic) bond motifs is 1. The molecule has 1 aromatic carbocycles. The van der Waals surface area contributed by atoms with Crippen molar-refractivity contribution < 1.29 is 30.7 Å². The van der Waals surface area contributed by atoms with E-state index >= 15 is 0 Å². The summed E-state index contributed by atoms with van der Waals surface area (Å²) in [5, 5.41) is 1.22. The van der Waals surface area contributed by atoms with Crippen molar-refractivity contribution in [2.45, 2.75) is 19.4 Å². The van der Waals surface area contributed by atoms with E-state index in [1.165, 1.54) is 27.9 Å². The third-order valence-corrected chi connectivity index (χ3v) is 6.32. The minimum Gasteiger partial charge on any atom is -0.741 e. The van der Waals surface area contributed by atoms with Gasteiger partial charge in [0.2, 0.25) is 11.2 Å². The Balaban J connectivity index is 0.000000371. The molecule has 184 valence electrons. The molecule has 35 heavy (non-hydrogen) atoms. The van der Waals surface area contributed by atoms with Gasteiger partial charge in [-0.15, -0.1) is 0 Å². The summed E-state index contributed by atoms with van der Waals surface area (Å²) in [4.78, 5) is 4.25. The molecule has 3 aromatic heterocycles. The van der Waals surface area contributed by atoms with Crippen molar-refractivity contribution >= 4 is 49.1 Å². The molecule has 4 rings (SSSR count). The van der Waals surface area contributed by atoms with Gasteiger partial charge in [0.15, 0.2) is 10.1 Å². The van der Waals surface area contributed by atoms with E-state index in [0.29, 0.717) is 0 Å². The first-order valence-corrected chi connectivity index (χ1v) is 12.4. The highest BCUT2D eigenvalue weighted by molar-refractivity contribution is 9.10. The maximum Gasteiger partial charge on any atom is 0.485 e. The van der Waals surface area contributed by atoms with Crippen LogP contribution >= 0.6 is 15.9 Å². The van der Waals surface area contributed by atoms with Gasteiger partial charge >= 0.3 is 5.51 Å². The molecule has 3 heterocycles. The zero-order valence-corrected chi connectivity index (χ0v) is 21.3. The zero-order valence-electron chi connectivity index (χ0n) is 18.9. The van der Waals surface area contributed by atoms with E-state index in [0.717, 1.165) is 15.9 Å². The van der Waals surface area contributed by atoms with Crippen molar-refractivity contribution in [2.24, 2.45) is 7.05 Å². The van der Waals surface area contributed by atoms with E-state index in [1.54, 1.807) is 6.20 Å². The van der Waals surface area contributed by atoms with Crippen molar-refractivity contribution in [3.05, 3.63) is 88.0 Å². The first kappa shape index (κ1) is 26.6. The summed E-state index contributed by atoms with van der Waals surface area (Å²) >= 11 is 3.54. The van der Waals surface area contributed by atoms with Crippen LogP contribution in [0.1, 0.15) is 22.6 Å². The van der Waals surface area contributed by atoms with Crippen molar-refractivity contribution in [3.63, 3.8) is 0 Å². The Labute approximate surface area is 209 Å². The standard InChI is InChI=1S/C23H21BrN3.CHF3O3S/c1-16-13-18(17(2)27(16)22-5-4-12-25-15-22)6-9-21-10-7-19-14-20(24)8-11-23(19)26(21)3;2-1(3,4)8(5,6)7/h4-15H,1-3H3;(H,5,6,7)/q+1;/p-1. The van der Waals surface area contributed by atoms with Gasteiger partial charge in [-0.05, 0) is 61.9 Å². The first-order chi connectivity index (χ1) is 16.3. The molecular weight excluding hydrogens is 547 g/mol. The lowest BCUT2D eigenvalue weighted by Gasteiger charge is -2.08. The van der Waals surface area contributed by atoms with E-state index in [9.17, 15) is 13.2 Å². The molecule has 0 fully saturated rings. The number of halogens is 4. The molecule has 0 atom stereocenters. The van der Waals surface area contributed by atoms with Crippen LogP contribution in [0.2, 0.25) is 0 Å². The molecule has 0 amide bonds. The normalized spacial score (nSPS) is 12.1. The highest BCUT2D eigenvalue weighted by Gasteiger charge is 2.36. The summed E-state index contributed by atoms with van der Waals surface area (Å²) in [5.41, 5.74) is 1.45. The second-order valence-electron chi connectivity index (χ2n) is 7.63. The van der Waals surface area contributed by atoms with Crippen molar-refractivity contribution in [2.75, 3.05) is 0 Å². The first-order valence-electron chi connectivity index (χ1n) is 10.2. The van der Waals surface area contributed by atoms with E-state index in [1.807, 2.05) is 12.3 Å². The summed E-state index contributed by atoms with van der Waals surface area (Å²) in [5.74, 6) is 0. The summed E-state index contributed by atoms with van der Waals surface area (Å²) in [7, 11) is -3.98. The lowest BCUT2D eigenvalue weighted by Crippen LogP contribution is -2.32. The minimum atomic E-state index is -6.09. The lowest BCUT2D eigenvalue weighted by atomic mass is 10.1. The molecule has 0 spiro atoms. The van der Waals surface area contributed by atoms with Crippen LogP contribution in [0.3, 0.4) is 0 Å². The molecule has 0 aliphatic carbocycles. The smallest absolute Gasteiger partial charge is 0.485 e. The van der Waals surface area contributed by atoms with Crippen LogP contribution in [0.5, 0.6) is 0 Å². The second kappa shape index (κ2) is 10.3. The summed E-state index contributed by atoms with van der Waals surface area (Å²) in [6.07, 6.45) is 8.07. The molecular formula is C24H21BrF3N3O3S. The predicted molar refractivity (Wildman–Crippen MR) is 131 cm³/mol. The minimum absolute atomic E-state index is 1.09. The Morgan fingerprint density at radius 1 is 1.09 bits per heavy atom. The molecule has 11 heteroatoms. The monoisotopic (exact) mass is 567 g/mol. The fourth-order valence-corrected chi connectivity index (χ4v) is 3.95. The number of pyridine rings is 2. The lowest BCUT2D eigenvalue weighted by molar-refractivity contribution is -0.646. The molecule has 4 aromatic rings. The number of benzene rings is 1. The maximum atomic E-state index is 10.7. The number of aryl methyl sites for hydroxylation is 2. The van der Waals surface area contributed by atoms with E-state index < -0.39 is 15.6 Å². The summed E-state index contributed by atoms with van der Waals surface area (Å²) in [6, 6.07) is 17.0. The second-order valence-corrected chi connectivity index (χ2v) is 9.91. The Morgan fingerprint density at radius 3 is 2.37 bits per heavy atom. The number of hydrogen-bond donors (Lipinski definition) is 0. The van der Waals surface area contributed by atoms with E-state index in [2.05, 4.69) is 106 Å². The maximum absolute atomic E-state index is 10.7. The Bertz CT molecular complexity index is 1500. The van der Waals surface area contributed by atoms with Crippen LogP contribution in [0.4, 0.5) is 13.2 Å². The Kier molecular flexibility index (Phi) is 7.83. The Morgan fingerprint density at radius 2 is 1.77 bits per heavy atom. The summed E-state index contributed by atoms with van der Waals surface area (Å²) in [6.45, 7) is 4.28.